The number of carbonyl (C=O) groups is 1. The van der Waals surface area contributed by atoms with Crippen LogP contribution in [0.4, 0.5) is 10.2 Å². The van der Waals surface area contributed by atoms with E-state index < -0.39 is 11.7 Å². The van der Waals surface area contributed by atoms with E-state index in [0.717, 1.165) is 34.6 Å². The number of anilines is 1. The van der Waals surface area contributed by atoms with E-state index in [0.29, 0.717) is 11.4 Å². The maximum atomic E-state index is 13.7. The van der Waals surface area contributed by atoms with Crippen molar-refractivity contribution in [2.24, 2.45) is 0 Å². The van der Waals surface area contributed by atoms with Gasteiger partial charge in [-0.25, -0.2) is 4.39 Å². The summed E-state index contributed by atoms with van der Waals surface area (Å²) in [5.41, 5.74) is 3.48. The lowest BCUT2D eigenvalue weighted by molar-refractivity contribution is 0.102. The minimum atomic E-state index is -0.417. The molecule has 0 aliphatic heterocycles. The van der Waals surface area contributed by atoms with Crippen LogP contribution in [-0.4, -0.2) is 27.8 Å². The van der Waals surface area contributed by atoms with Crippen molar-refractivity contribution in [3.8, 4) is 17.1 Å². The van der Waals surface area contributed by atoms with Gasteiger partial charge in [-0.15, -0.1) is 0 Å². The zero-order chi connectivity index (χ0) is 20.5. The van der Waals surface area contributed by atoms with E-state index in [1.807, 2.05) is 24.3 Å². The molecule has 1 amide bonds. The third-order valence-electron chi connectivity index (χ3n) is 4.97. The monoisotopic (exact) mass is 392 g/mol. The summed E-state index contributed by atoms with van der Waals surface area (Å²) in [5, 5.41) is 10.9. The molecule has 2 aromatic heterocycles. The Kier molecular flexibility index (Phi) is 4.80. The van der Waals surface area contributed by atoms with Gasteiger partial charge in [0, 0.05) is 23.6 Å². The molecule has 29 heavy (non-hydrogen) atoms. The van der Waals surface area contributed by atoms with Crippen LogP contribution in [0, 0.1) is 12.7 Å². The van der Waals surface area contributed by atoms with Crippen LogP contribution >= 0.6 is 0 Å². The second-order valence-corrected chi connectivity index (χ2v) is 6.75. The Morgan fingerprint density at radius 1 is 1.24 bits per heavy atom. The Morgan fingerprint density at radius 3 is 2.79 bits per heavy atom. The van der Waals surface area contributed by atoms with Crippen LogP contribution in [0.1, 0.15) is 22.8 Å². The third-order valence-corrected chi connectivity index (χ3v) is 4.97. The number of amides is 1. The first-order valence-electron chi connectivity index (χ1n) is 9.31. The smallest absolute Gasteiger partial charge is 0.256 e. The Hall–Kier alpha value is -3.61. The first kappa shape index (κ1) is 18.7. The largest absolute Gasteiger partial charge is 0.496 e. The number of carbonyl (C=O) groups excluding carboxylic acids is 1. The van der Waals surface area contributed by atoms with Crippen molar-refractivity contribution in [3.05, 3.63) is 65.5 Å². The number of aryl methyl sites for hydroxylation is 2. The molecule has 0 radical (unpaired) electrons. The minimum absolute atomic E-state index is 0.241. The summed E-state index contributed by atoms with van der Waals surface area (Å²) >= 11 is 0. The number of nitrogens with one attached hydrogen (secondary N) is 2. The lowest BCUT2D eigenvalue weighted by atomic mass is 10.1. The number of ether oxygens (including phenoxy) is 1. The lowest BCUT2D eigenvalue weighted by Gasteiger charge is -2.06. The van der Waals surface area contributed by atoms with E-state index in [4.69, 9.17) is 4.74 Å². The van der Waals surface area contributed by atoms with Gasteiger partial charge >= 0.3 is 0 Å². The van der Waals surface area contributed by atoms with Crippen LogP contribution in [0.25, 0.3) is 22.3 Å². The molecule has 2 aromatic carbocycles. The number of hydrogen-bond donors (Lipinski definition) is 2. The average Bonchev–Trinajstić information content (AvgIpc) is 3.33. The van der Waals surface area contributed by atoms with Crippen LogP contribution in [0.2, 0.25) is 0 Å². The molecule has 4 aromatic rings. The molecule has 2 N–H and O–H groups in total. The van der Waals surface area contributed by atoms with Crippen LogP contribution in [0.3, 0.4) is 0 Å². The highest BCUT2D eigenvalue weighted by atomic mass is 19.1. The van der Waals surface area contributed by atoms with Gasteiger partial charge in [-0.2, -0.15) is 5.10 Å². The number of nitrogens with zero attached hydrogens (tertiary/aromatic N) is 2. The third kappa shape index (κ3) is 3.35. The first-order chi connectivity index (χ1) is 14.0. The highest BCUT2D eigenvalue weighted by Crippen LogP contribution is 2.33. The summed E-state index contributed by atoms with van der Waals surface area (Å²) < 4.78 is 21.4. The second-order valence-electron chi connectivity index (χ2n) is 6.75. The SMILES string of the molecule is CCn1c(-c2cc(NC(=O)c3ccc(C)c(F)c3)n[nH]2)cc2c(OC)cccc21. The molecule has 2 heterocycles. The van der Waals surface area contributed by atoms with Crippen molar-refractivity contribution < 1.29 is 13.9 Å². The molecule has 0 aliphatic rings. The van der Waals surface area contributed by atoms with Crippen LogP contribution in [0.15, 0.2) is 48.5 Å². The molecule has 0 saturated heterocycles. The lowest BCUT2D eigenvalue weighted by Crippen LogP contribution is -2.12. The fourth-order valence-corrected chi connectivity index (χ4v) is 3.44. The van der Waals surface area contributed by atoms with Crippen molar-refractivity contribution in [2.45, 2.75) is 20.4 Å². The van der Waals surface area contributed by atoms with E-state index in [2.05, 4.69) is 27.0 Å². The van der Waals surface area contributed by atoms with Gasteiger partial charge in [0.1, 0.15) is 11.6 Å². The Bertz CT molecular complexity index is 1210. The molecule has 0 fully saturated rings. The maximum absolute atomic E-state index is 13.7. The van der Waals surface area contributed by atoms with Gasteiger partial charge in [0.05, 0.1) is 24.0 Å². The molecule has 0 aliphatic carbocycles. The number of hydrogen-bond acceptors (Lipinski definition) is 3. The molecule has 0 saturated carbocycles. The quantitative estimate of drug-likeness (QED) is 0.514. The van der Waals surface area contributed by atoms with Gasteiger partial charge < -0.3 is 14.6 Å². The zero-order valence-corrected chi connectivity index (χ0v) is 16.4. The number of benzene rings is 2. The van der Waals surface area contributed by atoms with E-state index >= 15 is 0 Å². The molecule has 4 rings (SSSR count). The van der Waals surface area contributed by atoms with Gasteiger partial charge in [0.15, 0.2) is 5.82 Å². The zero-order valence-electron chi connectivity index (χ0n) is 16.4. The first-order valence-corrected chi connectivity index (χ1v) is 9.31. The van der Waals surface area contributed by atoms with Crippen LogP contribution in [0.5, 0.6) is 5.75 Å². The predicted molar refractivity (Wildman–Crippen MR) is 111 cm³/mol. The molecule has 0 spiro atoms. The highest BCUT2D eigenvalue weighted by molar-refractivity contribution is 6.04. The van der Waals surface area contributed by atoms with E-state index in [1.165, 1.54) is 6.07 Å². The van der Waals surface area contributed by atoms with Gasteiger partial charge in [-0.05, 0) is 49.7 Å². The van der Waals surface area contributed by atoms with Gasteiger partial charge in [-0.1, -0.05) is 12.1 Å². The van der Waals surface area contributed by atoms with Crippen LogP contribution in [-0.2, 0) is 6.54 Å². The number of fused-ring (bicyclic) bond motifs is 1. The molecule has 0 unspecified atom stereocenters. The van der Waals surface area contributed by atoms with Crippen molar-refractivity contribution in [1.82, 2.24) is 14.8 Å². The predicted octanol–water partition coefficient (Wildman–Crippen LogP) is 4.76. The number of halogens is 1. The van der Waals surface area contributed by atoms with Crippen molar-refractivity contribution in [3.63, 3.8) is 0 Å². The highest BCUT2D eigenvalue weighted by Gasteiger charge is 2.16. The Morgan fingerprint density at radius 2 is 2.07 bits per heavy atom. The topological polar surface area (TPSA) is 71.9 Å². The minimum Gasteiger partial charge on any atom is -0.496 e. The fourth-order valence-electron chi connectivity index (χ4n) is 3.44. The summed E-state index contributed by atoms with van der Waals surface area (Å²) in [6.07, 6.45) is 0. The molecule has 0 bridgehead atoms. The number of H-pyrrole nitrogens is 1. The number of aromatic amines is 1. The molecule has 148 valence electrons. The normalized spacial score (nSPS) is 11.0. The molecular formula is C22H21FN4O2. The van der Waals surface area contributed by atoms with Crippen LogP contribution < -0.4 is 10.1 Å². The van der Waals surface area contributed by atoms with E-state index in [-0.39, 0.29) is 5.56 Å². The summed E-state index contributed by atoms with van der Waals surface area (Å²) in [4.78, 5) is 12.4. The van der Waals surface area contributed by atoms with Crippen molar-refractivity contribution >= 4 is 22.6 Å². The summed E-state index contributed by atoms with van der Waals surface area (Å²) in [7, 11) is 1.65. The summed E-state index contributed by atoms with van der Waals surface area (Å²) in [6.45, 7) is 4.47. The molecule has 7 heteroatoms. The molecule has 6 nitrogen and oxygen atoms in total. The van der Waals surface area contributed by atoms with E-state index in [1.54, 1.807) is 32.2 Å². The van der Waals surface area contributed by atoms with Crippen molar-refractivity contribution in [1.29, 1.82) is 0 Å². The fraction of sp³-hybridized carbons (Fsp3) is 0.182. The number of rotatable bonds is 5. The Labute approximate surface area is 167 Å². The summed E-state index contributed by atoms with van der Waals surface area (Å²) in [5.74, 6) is 0.331. The molecular weight excluding hydrogens is 371 g/mol. The maximum Gasteiger partial charge on any atom is 0.256 e. The average molecular weight is 392 g/mol. The second kappa shape index (κ2) is 7.43. The molecule has 0 atom stereocenters. The van der Waals surface area contributed by atoms with E-state index in [9.17, 15) is 9.18 Å². The van der Waals surface area contributed by atoms with Gasteiger partial charge in [0.2, 0.25) is 0 Å². The van der Waals surface area contributed by atoms with Gasteiger partial charge in [0.25, 0.3) is 5.91 Å². The standard InChI is InChI=1S/C22H21FN4O2/c1-4-27-18-6-5-7-20(29-3)15(18)11-19(27)17-12-21(26-25-17)24-22(28)14-9-8-13(2)16(23)10-14/h5-12H,4H2,1-3H3,(H2,24,25,26,28). The van der Waals surface area contributed by atoms with Crippen molar-refractivity contribution in [2.75, 3.05) is 12.4 Å². The Balaban J connectivity index is 1.65. The summed E-state index contributed by atoms with van der Waals surface area (Å²) in [6, 6.07) is 14.1. The number of methoxy groups -OCH3 is 1. The van der Waals surface area contributed by atoms with Gasteiger partial charge in [-0.3, -0.25) is 9.89 Å². The number of aromatic nitrogens is 3.